The minimum absolute atomic E-state index is 0.0151. The quantitative estimate of drug-likeness (QED) is 0.824. The third-order valence-electron chi connectivity index (χ3n) is 5.15. The Morgan fingerprint density at radius 1 is 1.19 bits per heavy atom. The molecule has 1 aromatic carbocycles. The van der Waals surface area contributed by atoms with Crippen molar-refractivity contribution >= 4 is 23.5 Å². The van der Waals surface area contributed by atoms with Crippen molar-refractivity contribution in [1.82, 2.24) is 15.5 Å². The van der Waals surface area contributed by atoms with Gasteiger partial charge in [-0.2, -0.15) is 0 Å². The maximum atomic E-state index is 12.2. The van der Waals surface area contributed by atoms with Gasteiger partial charge >= 0.3 is 6.03 Å². The van der Waals surface area contributed by atoms with Crippen LogP contribution in [0, 0.1) is 11.8 Å². The van der Waals surface area contributed by atoms with Crippen LogP contribution in [-0.4, -0.2) is 55.0 Å². The molecule has 2 N–H and O–H groups in total. The van der Waals surface area contributed by atoms with E-state index < -0.39 is 0 Å². The van der Waals surface area contributed by atoms with Crippen LogP contribution in [0.25, 0.3) is 0 Å². The molecule has 0 bridgehead atoms. The monoisotopic (exact) mass is 372 g/mol. The van der Waals surface area contributed by atoms with Gasteiger partial charge in [0.1, 0.15) is 0 Å². The van der Waals surface area contributed by atoms with Gasteiger partial charge < -0.3 is 20.4 Å². The van der Waals surface area contributed by atoms with Crippen LogP contribution in [0.1, 0.15) is 26.7 Å². The first-order chi connectivity index (χ1) is 12.9. The molecule has 2 fully saturated rings. The summed E-state index contributed by atoms with van der Waals surface area (Å²) in [6.45, 7) is 6.10. The molecule has 7 nitrogen and oxygen atoms in total. The van der Waals surface area contributed by atoms with Crippen molar-refractivity contribution in [2.75, 3.05) is 31.1 Å². The summed E-state index contributed by atoms with van der Waals surface area (Å²) in [6, 6.07) is 9.35. The summed E-state index contributed by atoms with van der Waals surface area (Å²) in [4.78, 5) is 40.0. The Labute approximate surface area is 160 Å². The lowest BCUT2D eigenvalue weighted by Crippen LogP contribution is -2.45. The predicted octanol–water partition coefficient (Wildman–Crippen LogP) is 1.60. The van der Waals surface area contributed by atoms with Gasteiger partial charge in [-0.1, -0.05) is 32.0 Å². The zero-order chi connectivity index (χ0) is 19.4. The molecule has 7 heteroatoms. The number of urea groups is 1. The average Bonchev–Trinajstić information content (AvgIpc) is 3.26. The predicted molar refractivity (Wildman–Crippen MR) is 103 cm³/mol. The second-order valence-electron chi connectivity index (χ2n) is 7.69. The first-order valence-electron chi connectivity index (χ1n) is 9.62. The van der Waals surface area contributed by atoms with Gasteiger partial charge in [0.05, 0.1) is 0 Å². The molecule has 1 aromatic rings. The fraction of sp³-hybridized carbons (Fsp3) is 0.550. The number of nitrogens with zero attached hydrogens (tertiary/aromatic N) is 2. The highest BCUT2D eigenvalue weighted by molar-refractivity contribution is 5.95. The normalized spacial score (nSPS) is 22.4. The van der Waals surface area contributed by atoms with Crippen molar-refractivity contribution in [3.05, 3.63) is 30.3 Å². The van der Waals surface area contributed by atoms with Crippen molar-refractivity contribution in [3.63, 3.8) is 0 Å². The number of hydrogen-bond acceptors (Lipinski definition) is 3. The molecule has 2 unspecified atom stereocenters. The van der Waals surface area contributed by atoms with E-state index in [1.54, 1.807) is 4.90 Å². The molecule has 27 heavy (non-hydrogen) atoms. The van der Waals surface area contributed by atoms with Gasteiger partial charge in [0.15, 0.2) is 0 Å². The molecular formula is C20H28N4O3. The molecule has 0 aliphatic carbocycles. The first-order valence-corrected chi connectivity index (χ1v) is 9.62. The second kappa shape index (κ2) is 8.41. The fourth-order valence-corrected chi connectivity index (χ4v) is 3.69. The van der Waals surface area contributed by atoms with E-state index in [0.717, 1.165) is 12.1 Å². The maximum Gasteiger partial charge on any atom is 0.315 e. The van der Waals surface area contributed by atoms with E-state index in [1.165, 1.54) is 0 Å². The number of rotatable bonds is 5. The molecule has 0 radical (unpaired) electrons. The highest BCUT2D eigenvalue weighted by atomic mass is 16.2. The molecule has 2 heterocycles. The fourth-order valence-electron chi connectivity index (χ4n) is 3.69. The number of para-hydroxylation sites is 1. The van der Waals surface area contributed by atoms with Gasteiger partial charge in [0, 0.05) is 56.2 Å². The Morgan fingerprint density at radius 2 is 1.93 bits per heavy atom. The number of amides is 4. The Bertz CT molecular complexity index is 692. The van der Waals surface area contributed by atoms with Crippen LogP contribution in [0.4, 0.5) is 10.5 Å². The van der Waals surface area contributed by atoms with E-state index in [-0.39, 0.29) is 35.7 Å². The van der Waals surface area contributed by atoms with E-state index in [2.05, 4.69) is 10.6 Å². The largest absolute Gasteiger partial charge is 0.340 e. The molecule has 146 valence electrons. The summed E-state index contributed by atoms with van der Waals surface area (Å²) in [7, 11) is 0. The first kappa shape index (κ1) is 19.2. The molecule has 0 saturated carbocycles. The number of carbonyl (C=O) groups excluding carboxylic acids is 3. The SMILES string of the molecule is CC(C)C(=O)N1CCC(NC(=O)NCC2CC(=O)N(c3ccccc3)C2)C1. The topological polar surface area (TPSA) is 81.8 Å². The standard InChI is InChI=1S/C20H28N4O3/c1-14(2)19(26)23-9-8-16(13-23)22-20(27)21-11-15-10-18(25)24(12-15)17-6-4-3-5-7-17/h3-7,14-16H,8-13H2,1-2H3,(H2,21,22,27). The number of benzene rings is 1. The number of nitrogens with one attached hydrogen (secondary N) is 2. The summed E-state index contributed by atoms with van der Waals surface area (Å²) >= 11 is 0. The molecule has 2 aliphatic heterocycles. The van der Waals surface area contributed by atoms with E-state index >= 15 is 0 Å². The lowest BCUT2D eigenvalue weighted by Gasteiger charge is -2.19. The number of hydrogen-bond donors (Lipinski definition) is 2. The summed E-state index contributed by atoms with van der Waals surface area (Å²) < 4.78 is 0. The van der Waals surface area contributed by atoms with Crippen LogP contribution in [-0.2, 0) is 9.59 Å². The van der Waals surface area contributed by atoms with Gasteiger partial charge in [0.2, 0.25) is 11.8 Å². The zero-order valence-corrected chi connectivity index (χ0v) is 16.0. The van der Waals surface area contributed by atoms with E-state index in [1.807, 2.05) is 49.1 Å². The van der Waals surface area contributed by atoms with E-state index in [9.17, 15) is 14.4 Å². The van der Waals surface area contributed by atoms with Crippen molar-refractivity contribution in [2.45, 2.75) is 32.7 Å². The molecule has 0 aromatic heterocycles. The number of anilines is 1. The van der Waals surface area contributed by atoms with Gasteiger partial charge in [-0.25, -0.2) is 4.79 Å². The average molecular weight is 372 g/mol. The summed E-state index contributed by atoms with van der Waals surface area (Å²) in [5.41, 5.74) is 0.898. The lowest BCUT2D eigenvalue weighted by atomic mass is 10.1. The van der Waals surface area contributed by atoms with Crippen molar-refractivity contribution in [2.24, 2.45) is 11.8 Å². The van der Waals surface area contributed by atoms with Crippen molar-refractivity contribution in [1.29, 1.82) is 0 Å². The Kier molecular flexibility index (Phi) is 5.98. The van der Waals surface area contributed by atoms with Crippen molar-refractivity contribution in [3.8, 4) is 0 Å². The van der Waals surface area contributed by atoms with Crippen LogP contribution >= 0.6 is 0 Å². The van der Waals surface area contributed by atoms with Crippen LogP contribution in [0.3, 0.4) is 0 Å². The van der Waals surface area contributed by atoms with Crippen LogP contribution in [0.5, 0.6) is 0 Å². The maximum absolute atomic E-state index is 12.2. The van der Waals surface area contributed by atoms with E-state index in [4.69, 9.17) is 0 Å². The smallest absolute Gasteiger partial charge is 0.315 e. The van der Waals surface area contributed by atoms with Gasteiger partial charge in [-0.15, -0.1) is 0 Å². The lowest BCUT2D eigenvalue weighted by molar-refractivity contribution is -0.133. The second-order valence-corrected chi connectivity index (χ2v) is 7.69. The summed E-state index contributed by atoms with van der Waals surface area (Å²) in [5, 5.41) is 5.82. The Morgan fingerprint density at radius 3 is 2.63 bits per heavy atom. The van der Waals surface area contributed by atoms with Crippen LogP contribution in [0.15, 0.2) is 30.3 Å². The van der Waals surface area contributed by atoms with Gasteiger partial charge in [-0.3, -0.25) is 9.59 Å². The highest BCUT2D eigenvalue weighted by Crippen LogP contribution is 2.24. The third-order valence-corrected chi connectivity index (χ3v) is 5.15. The minimum Gasteiger partial charge on any atom is -0.340 e. The third kappa shape index (κ3) is 4.78. The molecule has 3 rings (SSSR count). The molecular weight excluding hydrogens is 344 g/mol. The molecule has 4 amide bonds. The number of carbonyl (C=O) groups is 3. The molecule has 2 aliphatic rings. The summed E-state index contributed by atoms with van der Waals surface area (Å²) in [6.07, 6.45) is 1.21. The van der Waals surface area contributed by atoms with Gasteiger partial charge in [-0.05, 0) is 18.6 Å². The molecule has 2 atom stereocenters. The zero-order valence-electron chi connectivity index (χ0n) is 16.0. The Balaban J connectivity index is 1.41. The van der Waals surface area contributed by atoms with Gasteiger partial charge in [0.25, 0.3) is 0 Å². The van der Waals surface area contributed by atoms with Crippen LogP contribution < -0.4 is 15.5 Å². The number of likely N-dealkylation sites (tertiary alicyclic amines) is 1. The Hall–Kier alpha value is -2.57. The molecule has 2 saturated heterocycles. The van der Waals surface area contributed by atoms with Crippen molar-refractivity contribution < 1.29 is 14.4 Å². The van der Waals surface area contributed by atoms with E-state index in [0.29, 0.717) is 32.6 Å². The minimum atomic E-state index is -0.232. The highest BCUT2D eigenvalue weighted by Gasteiger charge is 2.31. The van der Waals surface area contributed by atoms with Crippen LogP contribution in [0.2, 0.25) is 0 Å². The molecule has 0 spiro atoms. The summed E-state index contributed by atoms with van der Waals surface area (Å²) in [5.74, 6) is 0.299.